The predicted molar refractivity (Wildman–Crippen MR) is 117 cm³/mol. The van der Waals surface area contributed by atoms with E-state index in [0.717, 1.165) is 36.8 Å². The third kappa shape index (κ3) is 15.6. The van der Waals surface area contributed by atoms with Crippen LogP contribution < -0.4 is 9.79 Å². The quantitative estimate of drug-likeness (QED) is 0.222. The zero-order valence-electron chi connectivity index (χ0n) is 18.1. The van der Waals surface area contributed by atoms with Crippen LogP contribution in [0.2, 0.25) is 0 Å². The average molecular weight is 513 g/mol. The molecule has 9 heteroatoms. The van der Waals surface area contributed by atoms with Gasteiger partial charge in [0.15, 0.2) is 0 Å². The van der Waals surface area contributed by atoms with E-state index in [9.17, 15) is 18.9 Å². The zero-order chi connectivity index (χ0) is 22.3. The fourth-order valence-corrected chi connectivity index (χ4v) is 4.71. The van der Waals surface area contributed by atoms with Gasteiger partial charge in [-0.15, -0.1) is 0 Å². The van der Waals surface area contributed by atoms with Gasteiger partial charge in [0.1, 0.15) is 15.2 Å². The standard InChI is InChI=1S/2C11H17O3P.Ni/c2*1-2-3-9-14-15(12,13)10-11-7-5-4-6-8-11;/h2*4-8H,2-3,9-10H2,1H3,(H,12,13);/q;;+2/p-2. The Bertz CT molecular complexity index is 722. The van der Waals surface area contributed by atoms with Crippen molar-refractivity contribution in [3.8, 4) is 0 Å². The van der Waals surface area contributed by atoms with E-state index in [-0.39, 0.29) is 28.8 Å². The molecule has 0 spiro atoms. The monoisotopic (exact) mass is 512 g/mol. The third-order valence-corrected chi connectivity index (χ3v) is 6.67. The second-order valence-corrected chi connectivity index (χ2v) is 10.5. The summed E-state index contributed by atoms with van der Waals surface area (Å²) in [7, 11) is -7.39. The van der Waals surface area contributed by atoms with Gasteiger partial charge in [-0.05, 0) is 24.0 Å². The van der Waals surface area contributed by atoms with E-state index < -0.39 is 15.2 Å². The second kappa shape index (κ2) is 16.8. The van der Waals surface area contributed by atoms with E-state index >= 15 is 0 Å². The largest absolute Gasteiger partial charge is 2.00 e. The molecule has 2 atom stereocenters. The number of hydrogen-bond donors (Lipinski definition) is 0. The van der Waals surface area contributed by atoms with E-state index in [4.69, 9.17) is 9.05 Å². The van der Waals surface area contributed by atoms with Crippen LogP contribution in [0.5, 0.6) is 0 Å². The van der Waals surface area contributed by atoms with E-state index in [1.54, 1.807) is 24.3 Å². The zero-order valence-corrected chi connectivity index (χ0v) is 20.9. The predicted octanol–water partition coefficient (Wildman–Crippen LogP) is 5.11. The number of unbranched alkanes of at least 4 members (excludes halogenated alkanes) is 2. The van der Waals surface area contributed by atoms with Crippen molar-refractivity contribution in [2.45, 2.75) is 51.9 Å². The summed E-state index contributed by atoms with van der Waals surface area (Å²) >= 11 is 0. The molecule has 31 heavy (non-hydrogen) atoms. The van der Waals surface area contributed by atoms with Gasteiger partial charge in [0.2, 0.25) is 0 Å². The van der Waals surface area contributed by atoms with Crippen LogP contribution in [0.1, 0.15) is 50.7 Å². The van der Waals surface area contributed by atoms with Crippen molar-refractivity contribution in [1.29, 1.82) is 0 Å². The van der Waals surface area contributed by atoms with E-state index in [1.165, 1.54) is 0 Å². The molecule has 0 saturated carbocycles. The maximum absolute atomic E-state index is 11.5. The summed E-state index contributed by atoms with van der Waals surface area (Å²) in [5, 5.41) is 0. The molecule has 0 aromatic heterocycles. The molecular formula is C22H32NiO6P2. The average Bonchev–Trinajstić information content (AvgIpc) is 2.69. The van der Waals surface area contributed by atoms with Gasteiger partial charge in [0.05, 0.1) is 13.2 Å². The van der Waals surface area contributed by atoms with Gasteiger partial charge < -0.3 is 28.0 Å². The summed E-state index contributed by atoms with van der Waals surface area (Å²) in [6, 6.07) is 18.1. The Morgan fingerprint density at radius 3 is 1.29 bits per heavy atom. The summed E-state index contributed by atoms with van der Waals surface area (Å²) in [5.74, 6) is 0. The van der Waals surface area contributed by atoms with Crippen molar-refractivity contribution in [2.24, 2.45) is 0 Å². The third-order valence-electron chi connectivity index (χ3n) is 4.01. The van der Waals surface area contributed by atoms with Crippen molar-refractivity contribution < 1.29 is 44.5 Å². The first-order valence-corrected chi connectivity index (χ1v) is 13.7. The molecule has 0 amide bonds. The van der Waals surface area contributed by atoms with Crippen LogP contribution in [0.25, 0.3) is 0 Å². The first-order chi connectivity index (χ1) is 14.3. The molecule has 2 unspecified atom stereocenters. The first kappa shape index (κ1) is 30.2. The van der Waals surface area contributed by atoms with Crippen LogP contribution >= 0.6 is 15.2 Å². The summed E-state index contributed by atoms with van der Waals surface area (Å²) in [6.45, 7) is 4.58. The van der Waals surface area contributed by atoms with Gasteiger partial charge in [-0.25, -0.2) is 0 Å². The molecule has 0 fully saturated rings. The maximum atomic E-state index is 11.5. The summed E-state index contributed by atoms with van der Waals surface area (Å²) in [6.07, 6.45) is 3.40. The molecule has 2 aromatic carbocycles. The maximum Gasteiger partial charge on any atom is 2.00 e. The molecule has 0 aliphatic carbocycles. The van der Waals surface area contributed by atoms with Gasteiger partial charge in [-0.2, -0.15) is 0 Å². The Balaban J connectivity index is 0.000000562. The molecule has 0 aliphatic heterocycles. The van der Waals surface area contributed by atoms with Crippen LogP contribution in [0.3, 0.4) is 0 Å². The Morgan fingerprint density at radius 2 is 1.00 bits per heavy atom. The summed E-state index contributed by atoms with van der Waals surface area (Å²) in [4.78, 5) is 23.0. The fraction of sp³-hybridized carbons (Fsp3) is 0.455. The minimum Gasteiger partial charge on any atom is -0.778 e. The normalized spacial score (nSPS) is 14.3. The van der Waals surface area contributed by atoms with Crippen LogP contribution in [-0.4, -0.2) is 13.2 Å². The SMILES string of the molecule is CCCCOP(=O)([O-])Cc1ccccc1.CCCCOP(=O)([O-])Cc1ccccc1.[Ni+2]. The molecule has 2 rings (SSSR count). The molecular weight excluding hydrogens is 481 g/mol. The molecule has 0 bridgehead atoms. The molecule has 2 aromatic rings. The number of rotatable bonds is 12. The number of hydrogen-bond acceptors (Lipinski definition) is 6. The van der Waals surface area contributed by atoms with Crippen molar-refractivity contribution in [2.75, 3.05) is 13.2 Å². The molecule has 0 aliphatic rings. The van der Waals surface area contributed by atoms with Crippen molar-refractivity contribution in [3.63, 3.8) is 0 Å². The summed E-state index contributed by atoms with van der Waals surface area (Å²) in [5.41, 5.74) is 1.54. The Kier molecular flexibility index (Phi) is 16.4. The molecule has 0 radical (unpaired) electrons. The number of benzene rings is 2. The Morgan fingerprint density at radius 1 is 0.677 bits per heavy atom. The molecule has 0 heterocycles. The van der Waals surface area contributed by atoms with Gasteiger partial charge >= 0.3 is 16.5 Å². The molecule has 176 valence electrons. The minimum absolute atomic E-state index is 0. The minimum atomic E-state index is -3.69. The van der Waals surface area contributed by atoms with Gasteiger partial charge in [0.25, 0.3) is 0 Å². The topological polar surface area (TPSA) is 98.7 Å². The van der Waals surface area contributed by atoms with Gasteiger partial charge in [-0.3, -0.25) is 0 Å². The molecule has 0 N–H and O–H groups in total. The fourth-order valence-electron chi connectivity index (χ4n) is 2.40. The smallest absolute Gasteiger partial charge is 0.778 e. The van der Waals surface area contributed by atoms with Crippen molar-refractivity contribution in [1.82, 2.24) is 0 Å². The van der Waals surface area contributed by atoms with E-state index in [1.807, 2.05) is 50.2 Å². The Hall–Kier alpha value is -0.766. The van der Waals surface area contributed by atoms with E-state index in [0.29, 0.717) is 13.2 Å². The van der Waals surface area contributed by atoms with Crippen LogP contribution in [0.15, 0.2) is 60.7 Å². The Labute approximate surface area is 196 Å². The van der Waals surface area contributed by atoms with Crippen LogP contribution in [-0.2, 0) is 47.0 Å². The first-order valence-electron chi connectivity index (χ1n) is 10.2. The van der Waals surface area contributed by atoms with Gasteiger partial charge in [-0.1, -0.05) is 87.4 Å². The van der Waals surface area contributed by atoms with Crippen molar-refractivity contribution >= 4 is 15.2 Å². The van der Waals surface area contributed by atoms with Crippen LogP contribution in [0.4, 0.5) is 0 Å². The second-order valence-electron chi connectivity index (χ2n) is 6.88. The summed E-state index contributed by atoms with van der Waals surface area (Å²) < 4.78 is 32.7. The van der Waals surface area contributed by atoms with Crippen LogP contribution in [0, 0.1) is 0 Å². The van der Waals surface area contributed by atoms with Gasteiger partial charge in [0, 0.05) is 12.3 Å². The van der Waals surface area contributed by atoms with Crippen molar-refractivity contribution in [3.05, 3.63) is 71.8 Å². The molecule has 6 nitrogen and oxygen atoms in total. The van der Waals surface area contributed by atoms with E-state index in [2.05, 4.69) is 0 Å². The molecule has 0 saturated heterocycles.